The molecule has 4 rings (SSSR count). The number of phenolic OH excluding ortho intramolecular Hbond substituents is 1. The van der Waals surface area contributed by atoms with Crippen molar-refractivity contribution in [2.45, 2.75) is 19.4 Å². The van der Waals surface area contributed by atoms with E-state index in [4.69, 9.17) is 9.47 Å². The summed E-state index contributed by atoms with van der Waals surface area (Å²) in [5.41, 5.74) is 0.858. The standard InChI is InChI=1S/C26H29FN2O6/c1-16-4-5-18(14-19(16)27)24(31)22-23(17-6-7-20(30)21(15-17)34-2)29(26(33)25(22)32)9-3-8-28-10-12-35-13-11-28/h4-7,14-15,23,30-31H,3,8-13H2,1-2H3. The van der Waals surface area contributed by atoms with E-state index in [-0.39, 0.29) is 29.2 Å². The molecule has 0 aliphatic carbocycles. The van der Waals surface area contributed by atoms with Gasteiger partial charge in [-0.25, -0.2) is 4.39 Å². The average molecular weight is 485 g/mol. The maximum Gasteiger partial charge on any atom is 0.295 e. The van der Waals surface area contributed by atoms with Crippen LogP contribution in [0, 0.1) is 12.7 Å². The van der Waals surface area contributed by atoms with Gasteiger partial charge in [-0.2, -0.15) is 0 Å². The first-order chi connectivity index (χ1) is 16.8. The fourth-order valence-electron chi connectivity index (χ4n) is 4.51. The van der Waals surface area contributed by atoms with Gasteiger partial charge in [0, 0.05) is 31.7 Å². The Morgan fingerprint density at radius 2 is 1.89 bits per heavy atom. The van der Waals surface area contributed by atoms with Gasteiger partial charge in [0.2, 0.25) is 0 Å². The van der Waals surface area contributed by atoms with Crippen LogP contribution in [0.5, 0.6) is 11.5 Å². The summed E-state index contributed by atoms with van der Waals surface area (Å²) in [6.45, 7) is 5.51. The highest BCUT2D eigenvalue weighted by atomic mass is 19.1. The molecular weight excluding hydrogens is 455 g/mol. The molecule has 1 unspecified atom stereocenters. The molecule has 0 spiro atoms. The number of phenols is 1. The van der Waals surface area contributed by atoms with Crippen molar-refractivity contribution in [3.8, 4) is 11.5 Å². The predicted molar refractivity (Wildman–Crippen MR) is 127 cm³/mol. The number of nitrogens with zero attached hydrogens (tertiary/aromatic N) is 2. The molecule has 0 saturated carbocycles. The largest absolute Gasteiger partial charge is 0.507 e. The highest BCUT2D eigenvalue weighted by molar-refractivity contribution is 6.46. The first-order valence-corrected chi connectivity index (χ1v) is 11.5. The lowest BCUT2D eigenvalue weighted by atomic mass is 9.94. The molecule has 2 aliphatic heterocycles. The minimum atomic E-state index is -0.918. The van der Waals surface area contributed by atoms with Crippen molar-refractivity contribution in [1.82, 2.24) is 9.80 Å². The number of likely N-dealkylation sites (tertiary alicyclic amines) is 1. The van der Waals surface area contributed by atoms with E-state index >= 15 is 0 Å². The molecule has 1 amide bonds. The smallest absolute Gasteiger partial charge is 0.295 e. The summed E-state index contributed by atoms with van der Waals surface area (Å²) in [4.78, 5) is 29.9. The number of rotatable bonds is 7. The normalized spacial score (nSPS) is 20.4. The molecule has 186 valence electrons. The zero-order valence-corrected chi connectivity index (χ0v) is 19.8. The minimum Gasteiger partial charge on any atom is -0.507 e. The maximum atomic E-state index is 14.2. The number of hydrogen-bond acceptors (Lipinski definition) is 7. The van der Waals surface area contributed by atoms with Crippen LogP contribution in [0.15, 0.2) is 42.0 Å². The van der Waals surface area contributed by atoms with E-state index in [2.05, 4.69) is 4.90 Å². The Morgan fingerprint density at radius 3 is 2.57 bits per heavy atom. The number of aromatic hydroxyl groups is 1. The van der Waals surface area contributed by atoms with Crippen molar-refractivity contribution in [1.29, 1.82) is 0 Å². The zero-order chi connectivity index (χ0) is 25.1. The van der Waals surface area contributed by atoms with Crippen molar-refractivity contribution in [3.63, 3.8) is 0 Å². The number of aliphatic hydroxyl groups is 1. The number of ether oxygens (including phenoxy) is 2. The second-order valence-electron chi connectivity index (χ2n) is 8.70. The Balaban J connectivity index is 1.73. The molecule has 9 heteroatoms. The van der Waals surface area contributed by atoms with Gasteiger partial charge in [-0.15, -0.1) is 0 Å². The molecule has 2 fully saturated rings. The van der Waals surface area contributed by atoms with Crippen LogP contribution in [0.1, 0.15) is 29.2 Å². The zero-order valence-electron chi connectivity index (χ0n) is 19.8. The number of carbonyl (C=O) groups is 2. The minimum absolute atomic E-state index is 0.0962. The number of amides is 1. The second kappa shape index (κ2) is 10.5. The number of methoxy groups -OCH3 is 1. The monoisotopic (exact) mass is 484 g/mol. The van der Waals surface area contributed by atoms with E-state index in [1.165, 1.54) is 36.3 Å². The summed E-state index contributed by atoms with van der Waals surface area (Å²) in [6.07, 6.45) is 0.609. The fraction of sp³-hybridized carbons (Fsp3) is 0.385. The Kier molecular flexibility index (Phi) is 7.37. The van der Waals surface area contributed by atoms with E-state index in [0.29, 0.717) is 30.8 Å². The van der Waals surface area contributed by atoms with Gasteiger partial charge in [-0.1, -0.05) is 18.2 Å². The Labute approximate surface area is 203 Å². The lowest BCUT2D eigenvalue weighted by Crippen LogP contribution is -2.38. The number of benzene rings is 2. The molecule has 0 bridgehead atoms. The van der Waals surface area contributed by atoms with Gasteiger partial charge in [0.25, 0.3) is 11.7 Å². The van der Waals surface area contributed by atoms with Crippen molar-refractivity contribution in [2.75, 3.05) is 46.5 Å². The molecule has 8 nitrogen and oxygen atoms in total. The number of carbonyl (C=O) groups excluding carboxylic acids is 2. The van der Waals surface area contributed by atoms with Gasteiger partial charge < -0.3 is 24.6 Å². The maximum absolute atomic E-state index is 14.2. The van der Waals surface area contributed by atoms with E-state index in [9.17, 15) is 24.2 Å². The van der Waals surface area contributed by atoms with E-state index in [1.54, 1.807) is 13.0 Å². The lowest BCUT2D eigenvalue weighted by Gasteiger charge is -2.29. The molecule has 2 N–H and O–H groups in total. The van der Waals surface area contributed by atoms with Crippen molar-refractivity contribution >= 4 is 17.4 Å². The quantitative estimate of drug-likeness (QED) is 0.354. The van der Waals surface area contributed by atoms with Crippen LogP contribution in [0.2, 0.25) is 0 Å². The molecule has 2 saturated heterocycles. The van der Waals surface area contributed by atoms with Crippen molar-refractivity contribution in [2.24, 2.45) is 0 Å². The van der Waals surface area contributed by atoms with Crippen LogP contribution in [0.4, 0.5) is 4.39 Å². The molecule has 0 radical (unpaired) electrons. The molecule has 0 aromatic heterocycles. The Bertz CT molecular complexity index is 1160. The number of ketones is 1. The lowest BCUT2D eigenvalue weighted by molar-refractivity contribution is -0.140. The average Bonchev–Trinajstić information content (AvgIpc) is 3.11. The van der Waals surface area contributed by atoms with Crippen LogP contribution in [-0.4, -0.2) is 78.2 Å². The molecule has 35 heavy (non-hydrogen) atoms. The van der Waals surface area contributed by atoms with Gasteiger partial charge >= 0.3 is 0 Å². The fourth-order valence-corrected chi connectivity index (χ4v) is 4.51. The summed E-state index contributed by atoms with van der Waals surface area (Å²) in [5.74, 6) is -2.49. The van der Waals surface area contributed by atoms with E-state index in [1.807, 2.05) is 0 Å². The third kappa shape index (κ3) is 5.01. The van der Waals surface area contributed by atoms with Gasteiger partial charge in [0.1, 0.15) is 11.6 Å². The first kappa shape index (κ1) is 24.7. The molecule has 2 aromatic carbocycles. The van der Waals surface area contributed by atoms with Crippen molar-refractivity contribution in [3.05, 3.63) is 64.5 Å². The Hall–Kier alpha value is -3.43. The number of morpholine rings is 1. The van der Waals surface area contributed by atoms with Crippen LogP contribution < -0.4 is 4.74 Å². The molecule has 1 atom stereocenters. The van der Waals surface area contributed by atoms with Gasteiger partial charge in [0.15, 0.2) is 11.5 Å². The summed E-state index contributed by atoms with van der Waals surface area (Å²) >= 11 is 0. The SMILES string of the molecule is COc1cc(C2C(=C(O)c3ccc(C)c(F)c3)C(=O)C(=O)N2CCCN2CCOCC2)ccc1O. The van der Waals surface area contributed by atoms with E-state index in [0.717, 1.165) is 25.7 Å². The Morgan fingerprint density at radius 1 is 1.14 bits per heavy atom. The third-order valence-corrected chi connectivity index (χ3v) is 6.48. The highest BCUT2D eigenvalue weighted by Gasteiger charge is 2.46. The number of aliphatic hydroxyl groups excluding tert-OH is 1. The summed E-state index contributed by atoms with van der Waals surface area (Å²) in [5, 5.41) is 21.1. The molecular formula is C26H29FN2O6. The number of hydrogen-bond donors (Lipinski definition) is 2. The highest BCUT2D eigenvalue weighted by Crippen LogP contribution is 2.42. The predicted octanol–water partition coefficient (Wildman–Crippen LogP) is 2.99. The number of halogens is 1. The van der Waals surface area contributed by atoms with E-state index < -0.39 is 29.3 Å². The summed E-state index contributed by atoms with van der Waals surface area (Å²) in [6, 6.07) is 7.75. The topological polar surface area (TPSA) is 99.5 Å². The molecule has 2 heterocycles. The number of aryl methyl sites for hydroxylation is 1. The van der Waals surface area contributed by atoms with Crippen LogP contribution >= 0.6 is 0 Å². The van der Waals surface area contributed by atoms with Crippen molar-refractivity contribution < 1.29 is 33.7 Å². The summed E-state index contributed by atoms with van der Waals surface area (Å²) < 4.78 is 24.8. The van der Waals surface area contributed by atoms with Crippen LogP contribution in [0.25, 0.3) is 5.76 Å². The van der Waals surface area contributed by atoms with Gasteiger partial charge in [-0.05, 0) is 42.7 Å². The molecule has 2 aromatic rings. The van der Waals surface area contributed by atoms with Gasteiger partial charge in [-0.3, -0.25) is 14.5 Å². The third-order valence-electron chi connectivity index (χ3n) is 6.48. The van der Waals surface area contributed by atoms with Gasteiger partial charge in [0.05, 0.1) is 31.9 Å². The first-order valence-electron chi connectivity index (χ1n) is 11.5. The van der Waals surface area contributed by atoms with Crippen LogP contribution in [-0.2, 0) is 14.3 Å². The number of Topliss-reactive ketones (excluding diaryl/α,β-unsaturated/α-hetero) is 1. The summed E-state index contributed by atoms with van der Waals surface area (Å²) in [7, 11) is 1.40. The molecule has 2 aliphatic rings. The second-order valence-corrected chi connectivity index (χ2v) is 8.70. The van der Waals surface area contributed by atoms with Crippen LogP contribution in [0.3, 0.4) is 0 Å².